The fourth-order valence-electron chi connectivity index (χ4n) is 2.81. The quantitative estimate of drug-likeness (QED) is 0.695. The molecular formula is C20H27N3O2S2. The summed E-state index contributed by atoms with van der Waals surface area (Å²) in [4.78, 5) is 0.274. The Balaban J connectivity index is 2.33. The van der Waals surface area contributed by atoms with Gasteiger partial charge in [-0.3, -0.25) is 0 Å². The molecule has 0 heterocycles. The summed E-state index contributed by atoms with van der Waals surface area (Å²) in [6.07, 6.45) is 0. The monoisotopic (exact) mass is 405 g/mol. The Labute approximate surface area is 167 Å². The minimum atomic E-state index is -3.53. The van der Waals surface area contributed by atoms with Gasteiger partial charge in [0.05, 0.1) is 4.90 Å². The van der Waals surface area contributed by atoms with E-state index in [0.717, 1.165) is 22.4 Å². The second-order valence-corrected chi connectivity index (χ2v) is 8.74. The number of hydrogen-bond acceptors (Lipinski definition) is 3. The van der Waals surface area contributed by atoms with E-state index < -0.39 is 10.0 Å². The van der Waals surface area contributed by atoms with Crippen molar-refractivity contribution in [2.75, 3.05) is 23.7 Å². The van der Waals surface area contributed by atoms with Gasteiger partial charge in [-0.05, 0) is 67.9 Å². The smallest absolute Gasteiger partial charge is 0.243 e. The lowest BCUT2D eigenvalue weighted by Gasteiger charge is -2.21. The molecule has 2 N–H and O–H groups in total. The molecule has 0 fully saturated rings. The predicted molar refractivity (Wildman–Crippen MR) is 117 cm³/mol. The number of anilines is 2. The molecule has 0 bridgehead atoms. The van der Waals surface area contributed by atoms with Crippen molar-refractivity contribution >= 4 is 38.7 Å². The van der Waals surface area contributed by atoms with Crippen molar-refractivity contribution in [3.8, 4) is 0 Å². The summed E-state index contributed by atoms with van der Waals surface area (Å²) in [6.45, 7) is 10.4. The van der Waals surface area contributed by atoms with Crippen LogP contribution in [-0.2, 0) is 10.0 Å². The molecule has 0 spiro atoms. The second kappa shape index (κ2) is 8.82. The second-order valence-electron chi connectivity index (χ2n) is 6.40. The molecule has 0 unspecified atom stereocenters. The first-order valence-corrected chi connectivity index (χ1v) is 10.8. The lowest BCUT2D eigenvalue weighted by atomic mass is 10.1. The SMILES string of the molecule is CCN(CC)S(=O)(=O)c1cc(C)c(C)c(NC(=S)Nc2ccccc2C)c1. The summed E-state index contributed by atoms with van der Waals surface area (Å²) >= 11 is 5.43. The highest BCUT2D eigenvalue weighted by atomic mass is 32.2. The molecule has 2 aromatic carbocycles. The van der Waals surface area contributed by atoms with E-state index in [9.17, 15) is 8.42 Å². The summed E-state index contributed by atoms with van der Waals surface area (Å²) < 4.78 is 27.2. The molecule has 0 atom stereocenters. The van der Waals surface area contributed by atoms with Crippen molar-refractivity contribution in [2.45, 2.75) is 39.5 Å². The van der Waals surface area contributed by atoms with Crippen LogP contribution in [0, 0.1) is 20.8 Å². The zero-order valence-electron chi connectivity index (χ0n) is 16.5. The fourth-order valence-corrected chi connectivity index (χ4v) is 4.60. The molecule has 5 nitrogen and oxygen atoms in total. The van der Waals surface area contributed by atoms with Gasteiger partial charge in [0.25, 0.3) is 0 Å². The first-order chi connectivity index (χ1) is 12.7. The number of para-hydroxylation sites is 1. The van der Waals surface area contributed by atoms with E-state index in [4.69, 9.17) is 12.2 Å². The molecule has 0 aliphatic carbocycles. The minimum Gasteiger partial charge on any atom is -0.332 e. The highest BCUT2D eigenvalue weighted by molar-refractivity contribution is 7.89. The molecule has 2 aromatic rings. The van der Waals surface area contributed by atoms with Crippen molar-refractivity contribution in [1.29, 1.82) is 0 Å². The minimum absolute atomic E-state index is 0.274. The highest BCUT2D eigenvalue weighted by Gasteiger charge is 2.23. The van der Waals surface area contributed by atoms with Gasteiger partial charge in [0.1, 0.15) is 0 Å². The Kier molecular flexibility index (Phi) is 6.97. The van der Waals surface area contributed by atoms with Gasteiger partial charge in [0, 0.05) is 24.5 Å². The topological polar surface area (TPSA) is 61.4 Å². The number of hydrogen-bond donors (Lipinski definition) is 2. The third kappa shape index (κ3) is 4.86. The van der Waals surface area contributed by atoms with E-state index in [1.165, 1.54) is 4.31 Å². The Morgan fingerprint density at radius 2 is 1.56 bits per heavy atom. The van der Waals surface area contributed by atoms with Crippen LogP contribution in [0.15, 0.2) is 41.3 Å². The number of aryl methyl sites for hydroxylation is 2. The van der Waals surface area contributed by atoms with E-state index in [2.05, 4.69) is 10.6 Å². The predicted octanol–water partition coefficient (Wildman–Crippen LogP) is 4.45. The van der Waals surface area contributed by atoms with Crippen LogP contribution in [0.5, 0.6) is 0 Å². The lowest BCUT2D eigenvalue weighted by Crippen LogP contribution is -2.31. The largest absolute Gasteiger partial charge is 0.332 e. The summed E-state index contributed by atoms with van der Waals surface area (Å²) in [5.74, 6) is 0. The van der Waals surface area contributed by atoms with Crippen LogP contribution >= 0.6 is 12.2 Å². The van der Waals surface area contributed by atoms with Gasteiger partial charge in [-0.1, -0.05) is 32.0 Å². The van der Waals surface area contributed by atoms with Crippen LogP contribution in [-0.4, -0.2) is 30.9 Å². The molecule has 0 amide bonds. The van der Waals surface area contributed by atoms with Crippen molar-refractivity contribution in [3.05, 3.63) is 53.1 Å². The van der Waals surface area contributed by atoms with Crippen molar-refractivity contribution in [1.82, 2.24) is 4.31 Å². The average Bonchev–Trinajstić information content (AvgIpc) is 2.61. The van der Waals surface area contributed by atoms with E-state index in [0.29, 0.717) is 23.9 Å². The van der Waals surface area contributed by atoms with Gasteiger partial charge in [-0.15, -0.1) is 0 Å². The van der Waals surface area contributed by atoms with Crippen LogP contribution < -0.4 is 10.6 Å². The normalized spacial score (nSPS) is 11.5. The van der Waals surface area contributed by atoms with Crippen LogP contribution in [0.4, 0.5) is 11.4 Å². The number of benzene rings is 2. The van der Waals surface area contributed by atoms with Gasteiger partial charge < -0.3 is 10.6 Å². The Hall–Kier alpha value is -1.96. The highest BCUT2D eigenvalue weighted by Crippen LogP contribution is 2.26. The summed E-state index contributed by atoms with van der Waals surface area (Å²) in [7, 11) is -3.53. The van der Waals surface area contributed by atoms with Crippen LogP contribution in [0.25, 0.3) is 0 Å². The van der Waals surface area contributed by atoms with E-state index in [1.807, 2.05) is 58.9 Å². The lowest BCUT2D eigenvalue weighted by molar-refractivity contribution is 0.445. The van der Waals surface area contributed by atoms with Crippen LogP contribution in [0.1, 0.15) is 30.5 Å². The van der Waals surface area contributed by atoms with E-state index in [-0.39, 0.29) is 4.90 Å². The zero-order chi connectivity index (χ0) is 20.2. The molecule has 0 radical (unpaired) electrons. The molecule has 2 rings (SSSR count). The Morgan fingerprint density at radius 1 is 0.963 bits per heavy atom. The molecular weight excluding hydrogens is 378 g/mol. The molecule has 7 heteroatoms. The van der Waals surface area contributed by atoms with Gasteiger partial charge in [-0.25, -0.2) is 8.42 Å². The summed E-state index contributed by atoms with van der Waals surface area (Å²) in [5, 5.41) is 6.74. The molecule has 0 saturated carbocycles. The Bertz CT molecular complexity index is 936. The number of thiocarbonyl (C=S) groups is 1. The zero-order valence-corrected chi connectivity index (χ0v) is 18.1. The number of nitrogens with zero attached hydrogens (tertiary/aromatic N) is 1. The van der Waals surface area contributed by atoms with E-state index in [1.54, 1.807) is 12.1 Å². The van der Waals surface area contributed by atoms with Crippen LogP contribution in [0.2, 0.25) is 0 Å². The molecule has 0 aliphatic heterocycles. The maximum Gasteiger partial charge on any atom is 0.243 e. The molecule has 0 saturated heterocycles. The third-order valence-electron chi connectivity index (χ3n) is 4.63. The maximum atomic E-state index is 12.9. The molecule has 0 aromatic heterocycles. The third-order valence-corrected chi connectivity index (χ3v) is 6.86. The number of sulfonamides is 1. The molecule has 27 heavy (non-hydrogen) atoms. The van der Waals surface area contributed by atoms with Crippen LogP contribution in [0.3, 0.4) is 0 Å². The average molecular weight is 406 g/mol. The van der Waals surface area contributed by atoms with Crippen molar-refractivity contribution in [2.24, 2.45) is 0 Å². The van der Waals surface area contributed by atoms with Crippen molar-refractivity contribution < 1.29 is 8.42 Å². The van der Waals surface area contributed by atoms with Gasteiger partial charge in [-0.2, -0.15) is 4.31 Å². The Morgan fingerprint density at radius 3 is 2.15 bits per heavy atom. The van der Waals surface area contributed by atoms with Gasteiger partial charge in [0.2, 0.25) is 10.0 Å². The van der Waals surface area contributed by atoms with Gasteiger partial charge in [0.15, 0.2) is 5.11 Å². The first-order valence-electron chi connectivity index (χ1n) is 8.95. The van der Waals surface area contributed by atoms with Crippen molar-refractivity contribution in [3.63, 3.8) is 0 Å². The fraction of sp³-hybridized carbons (Fsp3) is 0.350. The first kappa shape index (κ1) is 21.3. The number of nitrogens with one attached hydrogen (secondary N) is 2. The van der Waals surface area contributed by atoms with E-state index >= 15 is 0 Å². The molecule has 0 aliphatic rings. The van der Waals surface area contributed by atoms with Gasteiger partial charge >= 0.3 is 0 Å². The maximum absolute atomic E-state index is 12.9. The molecule has 146 valence electrons. The summed E-state index contributed by atoms with van der Waals surface area (Å²) in [5.41, 5.74) is 4.53. The number of rotatable bonds is 6. The standard InChI is InChI=1S/C20H27N3O2S2/c1-6-23(7-2)27(24,25)17-12-15(4)16(5)19(13-17)22-20(26)21-18-11-9-8-10-14(18)3/h8-13H,6-7H2,1-5H3,(H2,21,22,26). The summed E-state index contributed by atoms with van der Waals surface area (Å²) in [6, 6.07) is 11.2.